The summed E-state index contributed by atoms with van der Waals surface area (Å²) < 4.78 is 0. The van der Waals surface area contributed by atoms with Crippen LogP contribution in [0.5, 0.6) is 0 Å². The van der Waals surface area contributed by atoms with Crippen molar-refractivity contribution >= 4 is 18.8 Å². The minimum atomic E-state index is -0.472. The number of rotatable bonds is 0. The average Bonchev–Trinajstić information content (AvgIpc) is 1.33. The number of aliphatic hydroxyl groups is 1. The van der Waals surface area contributed by atoms with E-state index in [9.17, 15) is 0 Å². The van der Waals surface area contributed by atoms with Crippen molar-refractivity contribution in [3.8, 4) is 0 Å². The summed E-state index contributed by atoms with van der Waals surface area (Å²) in [5.41, 5.74) is 0. The predicted molar refractivity (Wildman–Crippen MR) is 29.1 cm³/mol. The Bertz CT molecular complexity index is 24.1. The van der Waals surface area contributed by atoms with Gasteiger partial charge in [0.25, 0.3) is 0 Å². The molecular weight excluding hydrogens is 318 g/mol. The van der Waals surface area contributed by atoms with Crippen LogP contribution < -0.4 is 0 Å². The molecule has 7 heavy (non-hydrogen) atoms. The maximum absolute atomic E-state index is 8.06. The van der Waals surface area contributed by atoms with Crippen molar-refractivity contribution in [3.05, 3.63) is 0 Å². The van der Waals surface area contributed by atoms with E-state index in [4.69, 9.17) is 23.9 Å². The van der Waals surface area contributed by atoms with Gasteiger partial charge in [0.05, 0.1) is 0 Å². The van der Waals surface area contributed by atoms with E-state index in [-0.39, 0.29) is 6.10 Å². The third-order valence-corrected chi connectivity index (χ3v) is 0. The van der Waals surface area contributed by atoms with Crippen molar-refractivity contribution in [2.45, 2.75) is 20.0 Å². The van der Waals surface area contributed by atoms with E-state index >= 15 is 0 Å². The van der Waals surface area contributed by atoms with Gasteiger partial charge in [-0.05, 0) is 13.8 Å². The Labute approximate surface area is 60.4 Å². The van der Waals surface area contributed by atoms with E-state index in [0.29, 0.717) is 0 Å². The molecule has 50 valence electrons. The van der Waals surface area contributed by atoms with E-state index < -0.39 is 16.5 Å². The summed E-state index contributed by atoms with van der Waals surface area (Å²) in [7, 11) is 9.75. The molecule has 0 amide bonds. The van der Waals surface area contributed by atoms with Gasteiger partial charge >= 0.3 is 35.3 Å². The molecule has 0 radical (unpaired) electrons. The van der Waals surface area contributed by atoms with Crippen LogP contribution in [0.25, 0.3) is 0 Å². The molecule has 1 nitrogen and oxygen atoms in total. The van der Waals surface area contributed by atoms with Crippen LogP contribution in [0.3, 0.4) is 0 Å². The Hall–Kier alpha value is 1.23. The fraction of sp³-hybridized carbons (Fsp3) is 1.00. The average molecular weight is 326 g/mol. The van der Waals surface area contributed by atoms with Crippen molar-refractivity contribution in [2.75, 3.05) is 0 Å². The van der Waals surface area contributed by atoms with Gasteiger partial charge in [0, 0.05) is 6.10 Å². The SMILES string of the molecule is CC(C)O.[Cl][Pt][Cl]. The molecule has 0 saturated carbocycles. The second-order valence-electron chi connectivity index (χ2n) is 1.14. The molecule has 0 heterocycles. The van der Waals surface area contributed by atoms with Gasteiger partial charge in [0.1, 0.15) is 0 Å². The van der Waals surface area contributed by atoms with Crippen LogP contribution in [0, 0.1) is 0 Å². The molecule has 0 fully saturated rings. The summed E-state index contributed by atoms with van der Waals surface area (Å²) in [6.45, 7) is 3.44. The molecule has 0 spiro atoms. The van der Waals surface area contributed by atoms with Gasteiger partial charge in [0.2, 0.25) is 0 Å². The number of hydrogen-bond donors (Lipinski definition) is 1. The van der Waals surface area contributed by atoms with Gasteiger partial charge in [-0.3, -0.25) is 0 Å². The molecule has 4 heteroatoms. The quantitative estimate of drug-likeness (QED) is 0.719. The Kier molecular flexibility index (Phi) is 16.2. The molecule has 0 aromatic heterocycles. The zero-order chi connectivity index (χ0) is 6.28. The molecule has 0 unspecified atom stereocenters. The Morgan fingerprint density at radius 1 is 1.43 bits per heavy atom. The first kappa shape index (κ1) is 11.1. The molecule has 0 rings (SSSR count). The van der Waals surface area contributed by atoms with Crippen molar-refractivity contribution < 1.29 is 21.6 Å². The van der Waals surface area contributed by atoms with E-state index in [1.54, 1.807) is 13.8 Å². The first-order valence-corrected chi connectivity index (χ1v) is 7.28. The summed E-state index contributed by atoms with van der Waals surface area (Å²) in [6.07, 6.45) is -0.167. The molecule has 0 aromatic carbocycles. The van der Waals surface area contributed by atoms with Gasteiger partial charge in [-0.2, -0.15) is 0 Å². The summed E-state index contributed by atoms with van der Waals surface area (Å²) in [5, 5.41) is 8.06. The van der Waals surface area contributed by atoms with Crippen LogP contribution in [0.2, 0.25) is 0 Å². The van der Waals surface area contributed by atoms with Crippen molar-refractivity contribution in [2.24, 2.45) is 0 Å². The van der Waals surface area contributed by atoms with Gasteiger partial charge in [-0.25, -0.2) is 0 Å². The van der Waals surface area contributed by atoms with Crippen LogP contribution in [0.1, 0.15) is 13.8 Å². The molecule has 0 aliphatic rings. The fourth-order valence-corrected chi connectivity index (χ4v) is 0. The zero-order valence-corrected chi connectivity index (χ0v) is 7.88. The second kappa shape index (κ2) is 10.3. The van der Waals surface area contributed by atoms with Crippen LogP contribution in [-0.2, 0) is 16.5 Å². The van der Waals surface area contributed by atoms with Crippen molar-refractivity contribution in [1.29, 1.82) is 0 Å². The van der Waals surface area contributed by atoms with E-state index in [0.717, 1.165) is 0 Å². The maximum atomic E-state index is 8.06. The zero-order valence-electron chi connectivity index (χ0n) is 4.10. The summed E-state index contributed by atoms with van der Waals surface area (Å²) in [6, 6.07) is 0. The molecule has 0 aliphatic carbocycles. The van der Waals surface area contributed by atoms with Crippen molar-refractivity contribution in [1.82, 2.24) is 0 Å². The number of halogens is 2. The van der Waals surface area contributed by atoms with Crippen LogP contribution >= 0.6 is 18.8 Å². The third kappa shape index (κ3) is 131. The van der Waals surface area contributed by atoms with E-state index in [2.05, 4.69) is 0 Å². The third-order valence-electron chi connectivity index (χ3n) is 0. The van der Waals surface area contributed by atoms with Gasteiger partial charge in [0.15, 0.2) is 0 Å². The summed E-state index contributed by atoms with van der Waals surface area (Å²) in [5.74, 6) is 0. The molecule has 0 aliphatic heterocycles. The first-order valence-electron chi connectivity index (χ1n) is 1.65. The van der Waals surface area contributed by atoms with Gasteiger partial charge < -0.3 is 5.11 Å². The Balaban J connectivity index is 0. The number of aliphatic hydroxyl groups excluding tert-OH is 1. The monoisotopic (exact) mass is 325 g/mol. The molecule has 0 aromatic rings. The molecule has 1 N–H and O–H groups in total. The Morgan fingerprint density at radius 2 is 1.43 bits per heavy atom. The van der Waals surface area contributed by atoms with Crippen LogP contribution in [0.4, 0.5) is 0 Å². The van der Waals surface area contributed by atoms with E-state index in [1.807, 2.05) is 0 Å². The second-order valence-corrected chi connectivity index (χ2v) is 4.42. The normalized spacial score (nSPS) is 8.29. The van der Waals surface area contributed by atoms with Crippen LogP contribution in [0.15, 0.2) is 0 Å². The van der Waals surface area contributed by atoms with Gasteiger partial charge in [-0.15, -0.1) is 0 Å². The first-order chi connectivity index (χ1) is 3.15. The van der Waals surface area contributed by atoms with Crippen molar-refractivity contribution in [3.63, 3.8) is 0 Å². The molecule has 0 atom stereocenters. The summed E-state index contributed by atoms with van der Waals surface area (Å²) >= 11 is -0.472. The van der Waals surface area contributed by atoms with Gasteiger partial charge in [-0.1, -0.05) is 0 Å². The van der Waals surface area contributed by atoms with Crippen LogP contribution in [-0.4, -0.2) is 11.2 Å². The molecule has 0 saturated heterocycles. The van der Waals surface area contributed by atoms with E-state index in [1.165, 1.54) is 0 Å². The fourth-order valence-electron chi connectivity index (χ4n) is 0. The topological polar surface area (TPSA) is 20.2 Å². The minimum absolute atomic E-state index is 0.167. The predicted octanol–water partition coefficient (Wildman–Crippen LogP) is 1.76. The Morgan fingerprint density at radius 3 is 1.43 bits per heavy atom. The summed E-state index contributed by atoms with van der Waals surface area (Å²) in [4.78, 5) is 0. The molecular formula is C3H8Cl2OPt. The standard InChI is InChI=1S/C3H8O.2ClH.Pt/c1-3(2)4;;;/h3-4H,1-2H3;2*1H;/q;;;+2/p-2. The number of hydrogen-bond acceptors (Lipinski definition) is 1. The molecule has 0 bridgehead atoms.